The van der Waals surface area contributed by atoms with Gasteiger partial charge in [-0.1, -0.05) is 39.3 Å². The van der Waals surface area contributed by atoms with E-state index in [1.54, 1.807) is 28.8 Å². The average Bonchev–Trinajstić information content (AvgIpc) is 3.16. The van der Waals surface area contributed by atoms with E-state index < -0.39 is 0 Å². The molecule has 4 rings (SSSR count). The molecular weight excluding hydrogens is 432 g/mol. The Morgan fingerprint density at radius 2 is 2.03 bits per heavy atom. The number of carbonyl (C=O) groups is 1. The fourth-order valence-electron chi connectivity index (χ4n) is 4.62. The normalized spacial score (nSPS) is 15.5. The summed E-state index contributed by atoms with van der Waals surface area (Å²) in [6.07, 6.45) is 5.36. The van der Waals surface area contributed by atoms with Gasteiger partial charge in [0.2, 0.25) is 11.3 Å². The minimum atomic E-state index is -0.341. The minimum absolute atomic E-state index is 0.00428. The average molecular weight is 459 g/mol. The molecule has 6 nitrogen and oxygen atoms in total. The predicted octanol–water partition coefficient (Wildman–Crippen LogP) is 4.99. The van der Waals surface area contributed by atoms with Gasteiger partial charge in [0.05, 0.1) is 11.1 Å². The van der Waals surface area contributed by atoms with Crippen LogP contribution in [0.4, 0.5) is 5.00 Å². The van der Waals surface area contributed by atoms with Gasteiger partial charge >= 0.3 is 0 Å². The molecule has 0 aliphatic heterocycles. The van der Waals surface area contributed by atoms with Crippen LogP contribution in [0, 0.1) is 34.0 Å². The SMILES string of the molecule is CCC(C)(C)C1CCc2c(sc(NC(=O)Cn3cc(C#N)c(=O)c4ccccc43)c2C#N)C1. The van der Waals surface area contributed by atoms with Crippen LogP contribution in [0.3, 0.4) is 0 Å². The minimum Gasteiger partial charge on any atom is -0.336 e. The number of carbonyl (C=O) groups excluding carboxylic acids is 1. The Balaban J connectivity index is 1.61. The zero-order valence-corrected chi connectivity index (χ0v) is 19.9. The molecule has 0 fully saturated rings. The molecule has 2 aromatic heterocycles. The van der Waals surface area contributed by atoms with Gasteiger partial charge in [-0.3, -0.25) is 9.59 Å². The molecule has 1 N–H and O–H groups in total. The van der Waals surface area contributed by atoms with Crippen molar-refractivity contribution in [1.82, 2.24) is 4.57 Å². The highest BCUT2D eigenvalue weighted by atomic mass is 32.1. The predicted molar refractivity (Wildman–Crippen MR) is 130 cm³/mol. The van der Waals surface area contributed by atoms with Crippen molar-refractivity contribution in [2.75, 3.05) is 5.32 Å². The number of nitrogens with zero attached hydrogens (tertiary/aromatic N) is 3. The van der Waals surface area contributed by atoms with Gasteiger partial charge in [0.1, 0.15) is 29.2 Å². The third kappa shape index (κ3) is 4.17. The monoisotopic (exact) mass is 458 g/mol. The van der Waals surface area contributed by atoms with Crippen LogP contribution in [0.2, 0.25) is 0 Å². The first kappa shape index (κ1) is 22.8. The first-order valence-electron chi connectivity index (χ1n) is 11.2. The molecular formula is C26H26N4O2S. The maximum atomic E-state index is 13.0. The Kier molecular flexibility index (Phi) is 6.10. The van der Waals surface area contributed by atoms with E-state index in [-0.39, 0.29) is 28.9 Å². The quantitative estimate of drug-likeness (QED) is 0.582. The Bertz CT molecular complexity index is 1380. The molecule has 33 heavy (non-hydrogen) atoms. The summed E-state index contributed by atoms with van der Waals surface area (Å²) >= 11 is 1.50. The van der Waals surface area contributed by atoms with Gasteiger partial charge in [0.25, 0.3) is 0 Å². The maximum absolute atomic E-state index is 13.0. The second-order valence-electron chi connectivity index (χ2n) is 9.28. The third-order valence-corrected chi connectivity index (χ3v) is 8.24. The number of aromatic nitrogens is 1. The Labute approximate surface area is 197 Å². The number of para-hydroxylation sites is 1. The molecule has 2 heterocycles. The summed E-state index contributed by atoms with van der Waals surface area (Å²) in [5.74, 6) is 0.258. The lowest BCUT2D eigenvalue weighted by Crippen LogP contribution is -2.28. The fourth-order valence-corrected chi connectivity index (χ4v) is 5.92. The van der Waals surface area contributed by atoms with E-state index in [4.69, 9.17) is 0 Å². The highest BCUT2D eigenvalue weighted by molar-refractivity contribution is 7.16. The van der Waals surface area contributed by atoms with Crippen molar-refractivity contribution in [1.29, 1.82) is 10.5 Å². The van der Waals surface area contributed by atoms with E-state index in [2.05, 4.69) is 32.2 Å². The first-order valence-corrected chi connectivity index (χ1v) is 12.0. The van der Waals surface area contributed by atoms with Crippen LogP contribution in [0.5, 0.6) is 0 Å². The van der Waals surface area contributed by atoms with Crippen molar-refractivity contribution in [3.63, 3.8) is 0 Å². The van der Waals surface area contributed by atoms with Gasteiger partial charge in [-0.2, -0.15) is 10.5 Å². The number of thiophene rings is 1. The smallest absolute Gasteiger partial charge is 0.244 e. The van der Waals surface area contributed by atoms with Crippen molar-refractivity contribution in [2.45, 2.75) is 53.0 Å². The number of hydrogen-bond acceptors (Lipinski definition) is 5. The summed E-state index contributed by atoms with van der Waals surface area (Å²) in [6.45, 7) is 6.76. The van der Waals surface area contributed by atoms with Crippen molar-refractivity contribution in [2.24, 2.45) is 11.3 Å². The number of nitriles is 2. The molecule has 168 valence electrons. The molecule has 1 amide bonds. The van der Waals surface area contributed by atoms with Crippen LogP contribution >= 0.6 is 11.3 Å². The van der Waals surface area contributed by atoms with Crippen LogP contribution in [-0.4, -0.2) is 10.5 Å². The molecule has 1 aliphatic carbocycles. The van der Waals surface area contributed by atoms with E-state index in [9.17, 15) is 20.1 Å². The van der Waals surface area contributed by atoms with Crippen LogP contribution < -0.4 is 10.7 Å². The van der Waals surface area contributed by atoms with Crippen LogP contribution in [0.1, 0.15) is 55.2 Å². The first-order chi connectivity index (χ1) is 15.8. The van der Waals surface area contributed by atoms with Crippen LogP contribution in [-0.2, 0) is 24.2 Å². The molecule has 0 saturated carbocycles. The lowest BCUT2D eigenvalue weighted by atomic mass is 9.69. The summed E-state index contributed by atoms with van der Waals surface area (Å²) in [6, 6.07) is 11.2. The summed E-state index contributed by atoms with van der Waals surface area (Å²) < 4.78 is 1.62. The van der Waals surface area contributed by atoms with E-state index in [0.29, 0.717) is 27.4 Å². The molecule has 1 unspecified atom stereocenters. The van der Waals surface area contributed by atoms with Gasteiger partial charge in [-0.15, -0.1) is 11.3 Å². The Hall–Kier alpha value is -3.42. The molecule has 7 heteroatoms. The molecule has 0 saturated heterocycles. The topological polar surface area (TPSA) is 98.7 Å². The lowest BCUT2D eigenvalue weighted by molar-refractivity contribution is -0.116. The van der Waals surface area contributed by atoms with Gasteiger partial charge in [-0.05, 0) is 48.3 Å². The third-order valence-electron chi connectivity index (χ3n) is 7.07. The molecule has 1 aliphatic rings. The largest absolute Gasteiger partial charge is 0.336 e. The second kappa shape index (κ2) is 8.84. The van der Waals surface area contributed by atoms with E-state index in [1.165, 1.54) is 22.4 Å². The number of amides is 1. The number of fused-ring (bicyclic) bond motifs is 2. The van der Waals surface area contributed by atoms with E-state index in [0.717, 1.165) is 31.2 Å². The number of pyridine rings is 1. The van der Waals surface area contributed by atoms with Crippen LogP contribution in [0.15, 0.2) is 35.3 Å². The Morgan fingerprint density at radius 3 is 2.73 bits per heavy atom. The second-order valence-corrected chi connectivity index (χ2v) is 10.4. The van der Waals surface area contributed by atoms with Gasteiger partial charge in [-0.25, -0.2) is 0 Å². The van der Waals surface area contributed by atoms with E-state index >= 15 is 0 Å². The number of nitrogens with one attached hydrogen (secondary N) is 1. The van der Waals surface area contributed by atoms with Crippen molar-refractivity contribution in [3.8, 4) is 12.1 Å². The molecule has 0 bridgehead atoms. The summed E-state index contributed by atoms with van der Waals surface area (Å²) in [5.41, 5.74) is 2.12. The maximum Gasteiger partial charge on any atom is 0.244 e. The number of rotatable bonds is 5. The summed E-state index contributed by atoms with van der Waals surface area (Å²) in [7, 11) is 0. The van der Waals surface area contributed by atoms with E-state index in [1.807, 2.05) is 6.07 Å². The molecule has 3 aromatic rings. The fraction of sp³-hybridized carbons (Fsp3) is 0.385. The molecule has 1 atom stereocenters. The zero-order valence-electron chi connectivity index (χ0n) is 19.1. The van der Waals surface area contributed by atoms with Gasteiger partial charge in [0.15, 0.2) is 0 Å². The van der Waals surface area contributed by atoms with Crippen molar-refractivity contribution < 1.29 is 4.79 Å². The molecule has 1 aromatic carbocycles. The lowest BCUT2D eigenvalue weighted by Gasteiger charge is -2.36. The molecule has 0 radical (unpaired) electrons. The summed E-state index contributed by atoms with van der Waals surface area (Å²) in [5, 5.41) is 23.1. The van der Waals surface area contributed by atoms with Gasteiger partial charge < -0.3 is 9.88 Å². The highest BCUT2D eigenvalue weighted by Crippen LogP contribution is 2.45. The number of anilines is 1. The summed E-state index contributed by atoms with van der Waals surface area (Å²) in [4.78, 5) is 26.6. The number of benzene rings is 1. The highest BCUT2D eigenvalue weighted by Gasteiger charge is 2.34. The van der Waals surface area contributed by atoms with Crippen molar-refractivity contribution in [3.05, 3.63) is 62.3 Å². The van der Waals surface area contributed by atoms with Gasteiger partial charge in [0, 0.05) is 16.5 Å². The van der Waals surface area contributed by atoms with Crippen LogP contribution in [0.25, 0.3) is 10.9 Å². The van der Waals surface area contributed by atoms with Crippen molar-refractivity contribution >= 4 is 33.1 Å². The number of hydrogen-bond donors (Lipinski definition) is 1. The standard InChI is InChI=1S/C26H26N4O2S/c1-4-26(2,3)17-9-10-18-20(13-28)25(33-22(18)11-17)29-23(31)15-30-14-16(12-27)24(32)19-7-5-6-8-21(19)30/h5-8,14,17H,4,9-11,15H2,1-3H3,(H,29,31). The zero-order chi connectivity index (χ0) is 23.8. The Morgan fingerprint density at radius 1 is 1.27 bits per heavy atom. The molecule has 0 spiro atoms.